The molecule has 1 saturated carbocycles. The van der Waals surface area contributed by atoms with Crippen LogP contribution in [0.3, 0.4) is 0 Å². The normalized spacial score (nSPS) is 29.8. The van der Waals surface area contributed by atoms with Gasteiger partial charge >= 0.3 is 0 Å². The zero-order valence-corrected chi connectivity index (χ0v) is 11.1. The Kier molecular flexibility index (Phi) is 3.81. The number of rotatable bonds is 4. The van der Waals surface area contributed by atoms with Crippen LogP contribution in [0, 0.1) is 17.3 Å². The van der Waals surface area contributed by atoms with E-state index < -0.39 is 0 Å². The fourth-order valence-corrected chi connectivity index (χ4v) is 2.89. The van der Waals surface area contributed by atoms with Crippen LogP contribution in [-0.2, 0) is 0 Å². The summed E-state index contributed by atoms with van der Waals surface area (Å²) in [4.78, 5) is 0. The first-order chi connectivity index (χ1) is 6.89. The summed E-state index contributed by atoms with van der Waals surface area (Å²) in [7, 11) is 0. The van der Waals surface area contributed by atoms with E-state index in [2.05, 4.69) is 47.3 Å². The smallest absolute Gasteiger partial charge is 0.0152 e. The molecule has 1 aliphatic rings. The van der Waals surface area contributed by atoms with Crippen LogP contribution in [0.4, 0.5) is 0 Å². The maximum absolute atomic E-state index is 4.11. The standard InChI is InChI=1S/C15H26/c1-7-12(4)8-9-13-10-14(11(2)3)15(13,5)6/h7,13-14H,2,8-10H2,1,3-6H3. The monoisotopic (exact) mass is 206 g/mol. The van der Waals surface area contributed by atoms with E-state index in [4.69, 9.17) is 0 Å². The zero-order valence-electron chi connectivity index (χ0n) is 11.1. The molecule has 0 aromatic rings. The van der Waals surface area contributed by atoms with Gasteiger partial charge in [-0.15, -0.1) is 0 Å². The molecule has 0 N–H and O–H groups in total. The first kappa shape index (κ1) is 12.5. The van der Waals surface area contributed by atoms with Crippen molar-refractivity contribution >= 4 is 0 Å². The molecule has 2 atom stereocenters. The second-order valence-corrected chi connectivity index (χ2v) is 5.83. The molecule has 1 fully saturated rings. The Labute approximate surface area is 95.5 Å². The first-order valence-corrected chi connectivity index (χ1v) is 6.16. The van der Waals surface area contributed by atoms with Gasteiger partial charge in [0.15, 0.2) is 0 Å². The molecule has 0 aromatic heterocycles. The van der Waals surface area contributed by atoms with E-state index in [-0.39, 0.29) is 0 Å². The van der Waals surface area contributed by atoms with Crippen molar-refractivity contribution in [1.29, 1.82) is 0 Å². The summed E-state index contributed by atoms with van der Waals surface area (Å²) < 4.78 is 0. The second-order valence-electron chi connectivity index (χ2n) is 5.83. The Hall–Kier alpha value is -0.520. The van der Waals surface area contributed by atoms with E-state index in [0.29, 0.717) is 5.41 Å². The van der Waals surface area contributed by atoms with Crippen LogP contribution < -0.4 is 0 Å². The molecule has 0 bridgehead atoms. The quantitative estimate of drug-likeness (QED) is 0.570. The predicted molar refractivity (Wildman–Crippen MR) is 68.9 cm³/mol. The minimum absolute atomic E-state index is 0.486. The van der Waals surface area contributed by atoms with Crippen molar-refractivity contribution in [3.05, 3.63) is 23.8 Å². The average Bonchev–Trinajstić information content (AvgIpc) is 2.15. The predicted octanol–water partition coefficient (Wildman–Crippen LogP) is 4.97. The highest BCUT2D eigenvalue weighted by Gasteiger charge is 2.47. The van der Waals surface area contributed by atoms with Crippen LogP contribution in [0.5, 0.6) is 0 Å². The molecule has 0 aliphatic heterocycles. The minimum Gasteiger partial charge on any atom is -0.0998 e. The lowest BCUT2D eigenvalue weighted by atomic mass is 9.52. The van der Waals surface area contributed by atoms with Gasteiger partial charge in [-0.3, -0.25) is 0 Å². The van der Waals surface area contributed by atoms with E-state index in [0.717, 1.165) is 11.8 Å². The Morgan fingerprint density at radius 1 is 1.40 bits per heavy atom. The zero-order chi connectivity index (χ0) is 11.6. The van der Waals surface area contributed by atoms with Gasteiger partial charge in [0.2, 0.25) is 0 Å². The Morgan fingerprint density at radius 3 is 2.40 bits per heavy atom. The maximum atomic E-state index is 4.11. The summed E-state index contributed by atoms with van der Waals surface area (Å²) in [6.07, 6.45) is 6.22. The third-order valence-electron chi connectivity index (χ3n) is 4.45. The van der Waals surface area contributed by atoms with Gasteiger partial charge in [0.25, 0.3) is 0 Å². The Balaban J connectivity index is 2.45. The third kappa shape index (κ3) is 2.53. The molecule has 0 spiro atoms. The molecule has 0 radical (unpaired) electrons. The molecule has 0 heterocycles. The van der Waals surface area contributed by atoms with E-state index in [9.17, 15) is 0 Å². The highest BCUT2D eigenvalue weighted by Crippen LogP contribution is 2.55. The van der Waals surface area contributed by atoms with Crippen molar-refractivity contribution in [2.75, 3.05) is 0 Å². The molecule has 0 aromatic carbocycles. The molecule has 1 rings (SSSR count). The topological polar surface area (TPSA) is 0 Å². The molecule has 86 valence electrons. The molecule has 1 aliphatic carbocycles. The van der Waals surface area contributed by atoms with Gasteiger partial charge in [-0.1, -0.05) is 37.6 Å². The van der Waals surface area contributed by atoms with Crippen LogP contribution in [0.15, 0.2) is 23.8 Å². The second kappa shape index (κ2) is 4.55. The van der Waals surface area contributed by atoms with Crippen molar-refractivity contribution in [1.82, 2.24) is 0 Å². The van der Waals surface area contributed by atoms with Gasteiger partial charge in [-0.25, -0.2) is 0 Å². The minimum atomic E-state index is 0.486. The maximum Gasteiger partial charge on any atom is -0.0152 e. The molecule has 2 unspecified atom stereocenters. The van der Waals surface area contributed by atoms with E-state index >= 15 is 0 Å². The lowest BCUT2D eigenvalue weighted by Crippen LogP contribution is -2.45. The van der Waals surface area contributed by atoms with Gasteiger partial charge in [-0.2, -0.15) is 0 Å². The first-order valence-electron chi connectivity index (χ1n) is 6.16. The highest BCUT2D eigenvalue weighted by molar-refractivity contribution is 5.12. The van der Waals surface area contributed by atoms with Crippen LogP contribution in [0.2, 0.25) is 0 Å². The summed E-state index contributed by atoms with van der Waals surface area (Å²) in [6.45, 7) is 15.5. The lowest BCUT2D eigenvalue weighted by Gasteiger charge is -2.53. The van der Waals surface area contributed by atoms with E-state index in [1.165, 1.54) is 30.4 Å². The third-order valence-corrected chi connectivity index (χ3v) is 4.45. The van der Waals surface area contributed by atoms with E-state index in [1.54, 1.807) is 0 Å². The SMILES string of the molecule is C=C(C)C1CC(CCC(C)=CC)C1(C)C. The van der Waals surface area contributed by atoms with Crippen molar-refractivity contribution in [3.8, 4) is 0 Å². The highest BCUT2D eigenvalue weighted by atomic mass is 14.5. The van der Waals surface area contributed by atoms with Gasteiger partial charge in [-0.05, 0) is 57.3 Å². The molecule has 0 heteroatoms. The largest absolute Gasteiger partial charge is 0.0998 e. The van der Waals surface area contributed by atoms with Gasteiger partial charge in [0.1, 0.15) is 0 Å². The van der Waals surface area contributed by atoms with Gasteiger partial charge in [0.05, 0.1) is 0 Å². The average molecular weight is 206 g/mol. The Bertz CT molecular complexity index is 268. The molecule has 0 amide bonds. The summed E-state index contributed by atoms with van der Waals surface area (Å²) in [5, 5.41) is 0. The summed E-state index contributed by atoms with van der Waals surface area (Å²) in [5.74, 6) is 1.66. The molecule has 15 heavy (non-hydrogen) atoms. The fourth-order valence-electron chi connectivity index (χ4n) is 2.89. The summed E-state index contributed by atoms with van der Waals surface area (Å²) in [5.41, 5.74) is 3.39. The Morgan fingerprint density at radius 2 is 2.00 bits per heavy atom. The molecule has 0 saturated heterocycles. The summed E-state index contributed by atoms with van der Waals surface area (Å²) >= 11 is 0. The van der Waals surface area contributed by atoms with Crippen molar-refractivity contribution in [2.45, 2.75) is 53.9 Å². The van der Waals surface area contributed by atoms with Crippen molar-refractivity contribution < 1.29 is 0 Å². The van der Waals surface area contributed by atoms with E-state index in [1.807, 2.05) is 0 Å². The molecule has 0 nitrogen and oxygen atoms in total. The lowest BCUT2D eigenvalue weighted by molar-refractivity contribution is -0.000932. The van der Waals surface area contributed by atoms with Crippen LogP contribution in [0.1, 0.15) is 53.9 Å². The molecular weight excluding hydrogens is 180 g/mol. The number of hydrogen-bond acceptors (Lipinski definition) is 0. The van der Waals surface area contributed by atoms with Gasteiger partial charge < -0.3 is 0 Å². The van der Waals surface area contributed by atoms with Crippen molar-refractivity contribution in [2.24, 2.45) is 17.3 Å². The van der Waals surface area contributed by atoms with Crippen LogP contribution in [0.25, 0.3) is 0 Å². The number of allylic oxidation sites excluding steroid dienone is 3. The van der Waals surface area contributed by atoms with Gasteiger partial charge in [0, 0.05) is 0 Å². The number of hydrogen-bond donors (Lipinski definition) is 0. The van der Waals surface area contributed by atoms with Crippen LogP contribution >= 0.6 is 0 Å². The molecular formula is C15H26. The summed E-state index contributed by atoms with van der Waals surface area (Å²) in [6, 6.07) is 0. The fraction of sp³-hybridized carbons (Fsp3) is 0.733. The van der Waals surface area contributed by atoms with Crippen molar-refractivity contribution in [3.63, 3.8) is 0 Å². The van der Waals surface area contributed by atoms with Crippen LogP contribution in [-0.4, -0.2) is 0 Å².